The molecule has 0 amide bonds. The molecule has 0 bridgehead atoms. The van der Waals surface area contributed by atoms with E-state index in [4.69, 9.17) is 51.5 Å². The van der Waals surface area contributed by atoms with Gasteiger partial charge in [-0.05, 0) is 18.9 Å². The van der Waals surface area contributed by atoms with Gasteiger partial charge in [-0.1, -0.05) is 52.8 Å². The van der Waals surface area contributed by atoms with Gasteiger partial charge in [-0.2, -0.15) is 0 Å². The molecule has 3 nitrogen and oxygen atoms in total. The van der Waals surface area contributed by atoms with E-state index in [0.717, 1.165) is 0 Å². The van der Waals surface area contributed by atoms with Crippen molar-refractivity contribution in [1.82, 2.24) is 0 Å². The number of rotatable bonds is 3. The standard InChI is InChI=1S/C13H10Cl4O3/c14-7-4-8(15)10(16)11(17)9(7)12(18)5-2-1-3-6(5)13(19)20/h4-6H,1-3H2,(H,19,20). The van der Waals surface area contributed by atoms with E-state index in [1.165, 1.54) is 6.07 Å². The molecular weight excluding hydrogens is 346 g/mol. The minimum atomic E-state index is -0.979. The monoisotopic (exact) mass is 354 g/mol. The second-order valence-electron chi connectivity index (χ2n) is 4.69. The van der Waals surface area contributed by atoms with Crippen LogP contribution in [-0.4, -0.2) is 16.9 Å². The quantitative estimate of drug-likeness (QED) is 0.472. The summed E-state index contributed by atoms with van der Waals surface area (Å²) in [6, 6.07) is 1.34. The van der Waals surface area contributed by atoms with E-state index in [1.807, 2.05) is 0 Å². The molecule has 1 saturated carbocycles. The topological polar surface area (TPSA) is 54.4 Å². The number of hydrogen-bond acceptors (Lipinski definition) is 2. The van der Waals surface area contributed by atoms with Crippen LogP contribution >= 0.6 is 46.4 Å². The van der Waals surface area contributed by atoms with Crippen molar-refractivity contribution in [3.63, 3.8) is 0 Å². The number of halogens is 4. The highest BCUT2D eigenvalue weighted by Crippen LogP contribution is 2.42. The molecule has 0 aromatic heterocycles. The number of carbonyl (C=O) groups is 2. The third-order valence-corrected chi connectivity index (χ3v) is 5.09. The minimum Gasteiger partial charge on any atom is -0.481 e. The molecule has 108 valence electrons. The first-order chi connectivity index (χ1) is 9.34. The first-order valence-corrected chi connectivity index (χ1v) is 7.45. The molecule has 1 aliphatic carbocycles. The predicted octanol–water partition coefficient (Wildman–Crippen LogP) is 4.98. The first kappa shape index (κ1) is 15.9. The van der Waals surface area contributed by atoms with Gasteiger partial charge >= 0.3 is 5.97 Å². The van der Waals surface area contributed by atoms with Crippen molar-refractivity contribution in [2.45, 2.75) is 19.3 Å². The van der Waals surface area contributed by atoms with Crippen LogP contribution in [-0.2, 0) is 4.79 Å². The van der Waals surface area contributed by atoms with Crippen molar-refractivity contribution in [2.24, 2.45) is 11.8 Å². The van der Waals surface area contributed by atoms with Crippen molar-refractivity contribution in [2.75, 3.05) is 0 Å². The zero-order valence-corrected chi connectivity index (χ0v) is 13.2. The van der Waals surface area contributed by atoms with Gasteiger partial charge in [-0.15, -0.1) is 0 Å². The smallest absolute Gasteiger partial charge is 0.307 e. The summed E-state index contributed by atoms with van der Waals surface area (Å²) < 4.78 is 0. The summed E-state index contributed by atoms with van der Waals surface area (Å²) in [4.78, 5) is 23.7. The van der Waals surface area contributed by atoms with E-state index >= 15 is 0 Å². The van der Waals surface area contributed by atoms with Crippen LogP contribution in [0.5, 0.6) is 0 Å². The first-order valence-electron chi connectivity index (χ1n) is 5.94. The molecule has 0 saturated heterocycles. The normalized spacial score (nSPS) is 22.0. The lowest BCUT2D eigenvalue weighted by Crippen LogP contribution is -2.25. The summed E-state index contributed by atoms with van der Waals surface area (Å²) in [6.07, 6.45) is 1.66. The lowest BCUT2D eigenvalue weighted by atomic mass is 9.88. The van der Waals surface area contributed by atoms with Gasteiger partial charge in [-0.25, -0.2) is 0 Å². The fourth-order valence-corrected chi connectivity index (χ4v) is 3.65. The zero-order valence-electron chi connectivity index (χ0n) is 10.1. The van der Waals surface area contributed by atoms with Crippen molar-refractivity contribution in [3.05, 3.63) is 31.7 Å². The molecule has 1 aromatic carbocycles. The number of carboxylic acids is 1. The Morgan fingerprint density at radius 1 is 1.00 bits per heavy atom. The maximum atomic E-state index is 12.5. The van der Waals surface area contributed by atoms with Crippen LogP contribution in [0.2, 0.25) is 20.1 Å². The molecule has 0 heterocycles. The summed E-state index contributed by atoms with van der Waals surface area (Å²) in [6.45, 7) is 0. The summed E-state index contributed by atoms with van der Waals surface area (Å²) >= 11 is 23.8. The van der Waals surface area contributed by atoms with Gasteiger partial charge in [0.05, 0.1) is 31.6 Å². The molecule has 7 heteroatoms. The second kappa shape index (κ2) is 6.10. The molecule has 20 heavy (non-hydrogen) atoms. The maximum Gasteiger partial charge on any atom is 0.307 e. The third-order valence-electron chi connectivity index (χ3n) is 3.53. The molecule has 1 fully saturated rings. The van der Waals surface area contributed by atoms with E-state index in [1.54, 1.807) is 0 Å². The van der Waals surface area contributed by atoms with E-state index in [2.05, 4.69) is 0 Å². The molecular formula is C13H10Cl4O3. The van der Waals surface area contributed by atoms with E-state index in [9.17, 15) is 9.59 Å². The predicted molar refractivity (Wildman–Crippen MR) is 79.3 cm³/mol. The molecule has 0 aliphatic heterocycles. The number of carbonyl (C=O) groups excluding carboxylic acids is 1. The number of aliphatic carboxylic acids is 1. The SMILES string of the molecule is O=C(O)C1CCCC1C(=O)c1c(Cl)cc(Cl)c(Cl)c1Cl. The number of hydrogen-bond donors (Lipinski definition) is 1. The van der Waals surface area contributed by atoms with Crippen LogP contribution < -0.4 is 0 Å². The molecule has 2 unspecified atom stereocenters. The highest BCUT2D eigenvalue weighted by atomic mass is 35.5. The van der Waals surface area contributed by atoms with Gasteiger partial charge in [0.15, 0.2) is 5.78 Å². The Kier molecular flexibility index (Phi) is 4.85. The largest absolute Gasteiger partial charge is 0.481 e. The summed E-state index contributed by atoms with van der Waals surface area (Å²) in [5.74, 6) is -2.69. The van der Waals surface area contributed by atoms with Gasteiger partial charge in [0.25, 0.3) is 0 Å². The molecule has 0 radical (unpaired) electrons. The van der Waals surface area contributed by atoms with Crippen LogP contribution in [0.4, 0.5) is 0 Å². The van der Waals surface area contributed by atoms with E-state index < -0.39 is 17.8 Å². The number of ketones is 1. The summed E-state index contributed by atoms with van der Waals surface area (Å²) in [5, 5.41) is 9.42. The van der Waals surface area contributed by atoms with Crippen LogP contribution in [0, 0.1) is 11.8 Å². The Balaban J connectivity index is 2.44. The fourth-order valence-electron chi connectivity index (χ4n) is 2.55. The van der Waals surface area contributed by atoms with E-state index in [-0.39, 0.29) is 31.4 Å². The van der Waals surface area contributed by atoms with Gasteiger partial charge in [0, 0.05) is 5.92 Å². The maximum absolute atomic E-state index is 12.5. The molecule has 0 spiro atoms. The Morgan fingerprint density at radius 2 is 1.60 bits per heavy atom. The average Bonchev–Trinajstić information content (AvgIpc) is 2.85. The molecule has 1 N–H and O–H groups in total. The van der Waals surface area contributed by atoms with Crippen molar-refractivity contribution in [3.8, 4) is 0 Å². The van der Waals surface area contributed by atoms with Gasteiger partial charge in [-0.3, -0.25) is 9.59 Å². The molecule has 2 rings (SSSR count). The lowest BCUT2D eigenvalue weighted by molar-refractivity contribution is -0.142. The third kappa shape index (κ3) is 2.77. The summed E-state index contributed by atoms with van der Waals surface area (Å²) in [7, 11) is 0. The van der Waals surface area contributed by atoms with Crippen LogP contribution in [0.3, 0.4) is 0 Å². The number of Topliss-reactive ketones (excluding diaryl/α,β-unsaturated/α-hetero) is 1. The van der Waals surface area contributed by atoms with Crippen molar-refractivity contribution >= 4 is 58.2 Å². The van der Waals surface area contributed by atoms with Gasteiger partial charge in [0.2, 0.25) is 0 Å². The van der Waals surface area contributed by atoms with Gasteiger partial charge < -0.3 is 5.11 Å². The van der Waals surface area contributed by atoms with Crippen molar-refractivity contribution < 1.29 is 14.7 Å². The van der Waals surface area contributed by atoms with Crippen molar-refractivity contribution in [1.29, 1.82) is 0 Å². The number of carboxylic acid groups (broad SMARTS) is 1. The lowest BCUT2D eigenvalue weighted by Gasteiger charge is -2.17. The zero-order chi connectivity index (χ0) is 15.0. The molecule has 2 atom stereocenters. The summed E-state index contributed by atoms with van der Waals surface area (Å²) in [5.41, 5.74) is 0.0564. The Morgan fingerprint density at radius 3 is 2.20 bits per heavy atom. The number of benzene rings is 1. The van der Waals surface area contributed by atoms with E-state index in [0.29, 0.717) is 19.3 Å². The van der Waals surface area contributed by atoms with Crippen LogP contribution in [0.25, 0.3) is 0 Å². The Hall–Kier alpha value is -0.480. The highest BCUT2D eigenvalue weighted by Gasteiger charge is 2.39. The Bertz CT molecular complexity index is 585. The second-order valence-corrected chi connectivity index (χ2v) is 6.26. The fraction of sp³-hybridized carbons (Fsp3) is 0.385. The van der Waals surface area contributed by atoms with Crippen LogP contribution in [0.15, 0.2) is 6.07 Å². The molecule has 1 aromatic rings. The molecule has 1 aliphatic rings. The Labute approximate surface area is 135 Å². The minimum absolute atomic E-state index is 0.0230. The van der Waals surface area contributed by atoms with Gasteiger partial charge in [0.1, 0.15) is 0 Å². The highest BCUT2D eigenvalue weighted by molar-refractivity contribution is 6.51. The average molecular weight is 356 g/mol. The van der Waals surface area contributed by atoms with Crippen LogP contribution in [0.1, 0.15) is 29.6 Å².